The zero-order chi connectivity index (χ0) is 27.5. The van der Waals surface area contributed by atoms with E-state index >= 15 is 0 Å². The fourth-order valence-corrected chi connectivity index (χ4v) is 2.59. The van der Waals surface area contributed by atoms with Crippen molar-refractivity contribution in [2.45, 2.75) is 107 Å². The van der Waals surface area contributed by atoms with Gasteiger partial charge in [-0.25, -0.2) is 0 Å². The summed E-state index contributed by atoms with van der Waals surface area (Å²) < 4.78 is 0. The maximum absolute atomic E-state index is 5.59. The van der Waals surface area contributed by atoms with Crippen LogP contribution < -0.4 is 11.1 Å². The van der Waals surface area contributed by atoms with E-state index in [0.717, 1.165) is 18.2 Å². The minimum Gasteiger partial charge on any atom is -0.399 e. The molecule has 1 aliphatic carbocycles. The van der Waals surface area contributed by atoms with Crippen LogP contribution in [0.3, 0.4) is 0 Å². The summed E-state index contributed by atoms with van der Waals surface area (Å²) in [4.78, 5) is 0. The van der Waals surface area contributed by atoms with Gasteiger partial charge >= 0.3 is 0 Å². The Balaban J connectivity index is 0. The lowest BCUT2D eigenvalue weighted by molar-refractivity contribution is 0.157. The molecular weight excluding hydrogens is 424 g/mol. The van der Waals surface area contributed by atoms with Crippen molar-refractivity contribution in [3.05, 3.63) is 71.8 Å². The Kier molecular flexibility index (Phi) is 19.2. The van der Waals surface area contributed by atoms with E-state index in [4.69, 9.17) is 5.73 Å². The number of rotatable bonds is 4. The number of anilines is 1. The van der Waals surface area contributed by atoms with Gasteiger partial charge in [-0.05, 0) is 65.5 Å². The SMILES string of the molecule is C=Cc1ccccc1CNC.CC.CC(C)(C)C(C)(C)C.CCC.Nc1ccc(C2CCC2)cc1. The Hall–Kier alpha value is -2.06. The summed E-state index contributed by atoms with van der Waals surface area (Å²) in [5.74, 6) is 0.829. The molecule has 0 heterocycles. The van der Waals surface area contributed by atoms with E-state index in [1.807, 2.05) is 51.2 Å². The number of nitrogens with two attached hydrogens (primary N) is 1. The van der Waals surface area contributed by atoms with Crippen LogP contribution in [0.4, 0.5) is 5.69 Å². The highest BCUT2D eigenvalue weighted by Gasteiger charge is 2.26. The monoisotopic (exact) mass is 482 g/mol. The van der Waals surface area contributed by atoms with Gasteiger partial charge in [0, 0.05) is 12.2 Å². The molecule has 3 N–H and O–H groups in total. The van der Waals surface area contributed by atoms with Crippen LogP contribution in [0.2, 0.25) is 0 Å². The van der Waals surface area contributed by atoms with Crippen LogP contribution in [0, 0.1) is 10.8 Å². The van der Waals surface area contributed by atoms with Crippen molar-refractivity contribution >= 4 is 11.8 Å². The van der Waals surface area contributed by atoms with Gasteiger partial charge in [-0.3, -0.25) is 0 Å². The average molecular weight is 483 g/mol. The van der Waals surface area contributed by atoms with Crippen molar-refractivity contribution in [2.75, 3.05) is 12.8 Å². The predicted octanol–water partition coefficient (Wildman–Crippen LogP) is 10.1. The molecule has 0 saturated heterocycles. The first-order chi connectivity index (χ1) is 16.4. The second-order valence-electron chi connectivity index (χ2n) is 10.9. The van der Waals surface area contributed by atoms with Crippen LogP contribution in [0.25, 0.3) is 6.08 Å². The lowest BCUT2D eigenvalue weighted by Gasteiger charge is -2.34. The standard InChI is InChI=1S/2C10H13N.C8H18.C3H8.C2H6/c11-10-6-4-9(5-7-10)8-2-1-3-8;1-3-9-6-4-5-7-10(9)8-11-2;1-7(2,3)8(4,5)6;1-3-2;1-2/h4-8H,1-3,11H2;3-7,11H,1,8H2,2H3;1-6H3;3H2,1-2H3;1-2H3. The van der Waals surface area contributed by atoms with E-state index in [1.54, 1.807) is 0 Å². The Bertz CT molecular complexity index is 745. The minimum absolute atomic E-state index is 0.437. The molecule has 2 aromatic carbocycles. The van der Waals surface area contributed by atoms with Crippen LogP contribution in [-0.2, 0) is 6.54 Å². The molecule has 2 heteroatoms. The van der Waals surface area contributed by atoms with Crippen LogP contribution in [0.1, 0.15) is 118 Å². The first-order valence-corrected chi connectivity index (χ1v) is 13.6. The topological polar surface area (TPSA) is 38.0 Å². The molecule has 0 aromatic heterocycles. The van der Waals surface area contributed by atoms with Gasteiger partial charge < -0.3 is 11.1 Å². The van der Waals surface area contributed by atoms with E-state index in [9.17, 15) is 0 Å². The van der Waals surface area contributed by atoms with E-state index < -0.39 is 0 Å². The first-order valence-electron chi connectivity index (χ1n) is 13.6. The van der Waals surface area contributed by atoms with Gasteiger partial charge in [0.05, 0.1) is 0 Å². The molecule has 1 saturated carbocycles. The highest BCUT2D eigenvalue weighted by atomic mass is 14.8. The molecule has 0 atom stereocenters. The number of nitrogens with one attached hydrogen (secondary N) is 1. The maximum Gasteiger partial charge on any atom is 0.0314 e. The summed E-state index contributed by atoms with van der Waals surface area (Å²) in [5.41, 5.74) is 11.3. The summed E-state index contributed by atoms with van der Waals surface area (Å²) in [5, 5.41) is 3.11. The fourth-order valence-electron chi connectivity index (χ4n) is 2.59. The molecule has 35 heavy (non-hydrogen) atoms. The van der Waals surface area contributed by atoms with Crippen molar-refractivity contribution in [3.8, 4) is 0 Å². The Morgan fingerprint density at radius 1 is 0.886 bits per heavy atom. The Labute approximate surface area is 219 Å². The lowest BCUT2D eigenvalue weighted by atomic mass is 9.71. The van der Waals surface area contributed by atoms with E-state index in [-0.39, 0.29) is 0 Å². The predicted molar refractivity (Wildman–Crippen MR) is 163 cm³/mol. The molecule has 0 radical (unpaired) electrons. The first kappa shape index (κ1) is 35.1. The van der Waals surface area contributed by atoms with Gasteiger partial charge in [0.2, 0.25) is 0 Å². The van der Waals surface area contributed by atoms with Gasteiger partial charge in [-0.1, -0.05) is 131 Å². The second kappa shape index (κ2) is 19.2. The third kappa shape index (κ3) is 15.5. The zero-order valence-corrected chi connectivity index (χ0v) is 25.1. The van der Waals surface area contributed by atoms with Gasteiger partial charge in [-0.15, -0.1) is 0 Å². The summed E-state index contributed by atoms with van der Waals surface area (Å²) in [6, 6.07) is 16.5. The van der Waals surface area contributed by atoms with E-state index in [1.165, 1.54) is 42.4 Å². The normalized spacial score (nSPS) is 12.5. The maximum atomic E-state index is 5.59. The molecule has 0 spiro atoms. The van der Waals surface area contributed by atoms with Crippen molar-refractivity contribution in [2.24, 2.45) is 10.8 Å². The molecule has 2 nitrogen and oxygen atoms in total. The summed E-state index contributed by atoms with van der Waals surface area (Å²) in [7, 11) is 1.94. The molecule has 0 unspecified atom stereocenters. The molecule has 0 amide bonds. The summed E-state index contributed by atoms with van der Waals surface area (Å²) in [6.07, 6.45) is 7.26. The third-order valence-corrected chi connectivity index (χ3v) is 6.41. The Morgan fingerprint density at radius 3 is 1.69 bits per heavy atom. The molecular formula is C33H58N2. The third-order valence-electron chi connectivity index (χ3n) is 6.41. The molecule has 1 aliphatic rings. The molecule has 0 aliphatic heterocycles. The summed E-state index contributed by atoms with van der Waals surface area (Å²) >= 11 is 0. The highest BCUT2D eigenvalue weighted by molar-refractivity contribution is 5.51. The highest BCUT2D eigenvalue weighted by Crippen LogP contribution is 2.37. The largest absolute Gasteiger partial charge is 0.399 e. The minimum atomic E-state index is 0.437. The van der Waals surface area contributed by atoms with E-state index in [2.05, 4.69) is 91.6 Å². The molecule has 0 bridgehead atoms. The van der Waals surface area contributed by atoms with Crippen molar-refractivity contribution < 1.29 is 0 Å². The van der Waals surface area contributed by atoms with Crippen LogP contribution in [0.15, 0.2) is 55.1 Å². The number of hydrogen-bond donors (Lipinski definition) is 2. The number of hydrogen-bond acceptors (Lipinski definition) is 2. The van der Waals surface area contributed by atoms with Crippen LogP contribution in [-0.4, -0.2) is 7.05 Å². The van der Waals surface area contributed by atoms with Gasteiger partial charge in [0.15, 0.2) is 0 Å². The van der Waals surface area contributed by atoms with Crippen molar-refractivity contribution in [1.29, 1.82) is 0 Å². The van der Waals surface area contributed by atoms with Gasteiger partial charge in [-0.2, -0.15) is 0 Å². The molecule has 3 rings (SSSR count). The van der Waals surface area contributed by atoms with Crippen molar-refractivity contribution in [1.82, 2.24) is 5.32 Å². The van der Waals surface area contributed by atoms with Crippen molar-refractivity contribution in [3.63, 3.8) is 0 Å². The Morgan fingerprint density at radius 2 is 1.34 bits per heavy atom. The quantitative estimate of drug-likeness (QED) is 0.425. The van der Waals surface area contributed by atoms with Gasteiger partial charge in [0.25, 0.3) is 0 Å². The smallest absolute Gasteiger partial charge is 0.0314 e. The fraction of sp³-hybridized carbons (Fsp3) is 0.576. The van der Waals surface area contributed by atoms with Gasteiger partial charge in [0.1, 0.15) is 0 Å². The molecule has 200 valence electrons. The molecule has 2 aromatic rings. The lowest BCUT2D eigenvalue weighted by Crippen LogP contribution is -2.25. The van der Waals surface area contributed by atoms with E-state index in [0.29, 0.717) is 10.8 Å². The van der Waals surface area contributed by atoms with Crippen LogP contribution in [0.5, 0.6) is 0 Å². The number of benzene rings is 2. The number of nitrogen functional groups attached to an aromatic ring is 1. The zero-order valence-electron chi connectivity index (χ0n) is 25.1. The molecule has 1 fully saturated rings. The summed E-state index contributed by atoms with van der Waals surface area (Å²) in [6.45, 7) is 26.5. The average Bonchev–Trinajstić information content (AvgIpc) is 2.76. The van der Waals surface area contributed by atoms with Crippen LogP contribution >= 0.6 is 0 Å². The second-order valence-corrected chi connectivity index (χ2v) is 10.9.